The normalized spacial score (nSPS) is 17.2. The van der Waals surface area contributed by atoms with Gasteiger partial charge in [-0.15, -0.1) is 12.6 Å². The molecule has 1 heterocycles. The standard InChI is InChI=1S/C47H56N2S2/c1-32(46(2,3)4)28-36(40-26-24-38(48(8)9)30-42(40)50)22-20-34-18-15-19-35(45(34)33-16-13-12-14-17-33)21-23-37-29-44(47(5,6)7)51-43-31-39(49(10)11)25-27-41(37)43/h12-14,16-17,20-31,50H,1,15,18-19H2,2-11H3/b22-20+,35-21+,36-28-,37-23+. The molecule has 3 aromatic rings. The third-order valence-corrected chi connectivity index (χ3v) is 11.5. The Labute approximate surface area is 318 Å². The van der Waals surface area contributed by atoms with Gasteiger partial charge < -0.3 is 9.80 Å². The number of benzene rings is 3. The Bertz CT molecular complexity index is 1970. The van der Waals surface area contributed by atoms with Crippen LogP contribution in [-0.2, 0) is 0 Å². The van der Waals surface area contributed by atoms with Gasteiger partial charge >= 0.3 is 0 Å². The van der Waals surface area contributed by atoms with E-state index in [1.54, 1.807) is 0 Å². The Kier molecular flexibility index (Phi) is 11.9. The van der Waals surface area contributed by atoms with Crippen LogP contribution in [0.2, 0.25) is 0 Å². The summed E-state index contributed by atoms with van der Waals surface area (Å²) < 4.78 is 0. The molecule has 2 nitrogen and oxygen atoms in total. The molecule has 2 aliphatic rings. The zero-order valence-corrected chi connectivity index (χ0v) is 34.1. The van der Waals surface area contributed by atoms with Gasteiger partial charge in [0.1, 0.15) is 0 Å². The lowest BCUT2D eigenvalue weighted by atomic mass is 9.82. The number of anilines is 2. The molecule has 0 aromatic heterocycles. The van der Waals surface area contributed by atoms with E-state index in [0.717, 1.165) is 46.6 Å². The molecule has 1 aliphatic carbocycles. The van der Waals surface area contributed by atoms with E-state index in [2.05, 4.69) is 189 Å². The van der Waals surface area contributed by atoms with Crippen LogP contribution in [0.25, 0.3) is 16.7 Å². The summed E-state index contributed by atoms with van der Waals surface area (Å²) in [6.45, 7) is 18.1. The zero-order chi connectivity index (χ0) is 37.1. The molecule has 0 fully saturated rings. The summed E-state index contributed by atoms with van der Waals surface area (Å²) in [6, 6.07) is 24.3. The topological polar surface area (TPSA) is 6.48 Å². The van der Waals surface area contributed by atoms with Crippen molar-refractivity contribution in [1.29, 1.82) is 0 Å². The third kappa shape index (κ3) is 9.33. The molecule has 0 unspecified atom stereocenters. The third-order valence-electron chi connectivity index (χ3n) is 9.67. The molecule has 0 N–H and O–H groups in total. The van der Waals surface area contributed by atoms with Gasteiger partial charge in [0.2, 0.25) is 0 Å². The molecule has 4 heteroatoms. The fraction of sp³-hybridized carbons (Fsp3) is 0.319. The van der Waals surface area contributed by atoms with Crippen LogP contribution in [0.3, 0.4) is 0 Å². The highest BCUT2D eigenvalue weighted by Gasteiger charge is 2.25. The summed E-state index contributed by atoms with van der Waals surface area (Å²) in [5, 5.41) is 0. The smallest absolute Gasteiger partial charge is 0.0372 e. The molecule has 0 spiro atoms. The number of nitrogens with zero attached hydrogens (tertiary/aromatic N) is 2. The Morgan fingerprint density at radius 2 is 1.49 bits per heavy atom. The van der Waals surface area contributed by atoms with Gasteiger partial charge in [0.05, 0.1) is 0 Å². The van der Waals surface area contributed by atoms with Crippen LogP contribution >= 0.6 is 24.4 Å². The second-order valence-electron chi connectivity index (χ2n) is 16.2. The molecule has 5 rings (SSSR count). The van der Waals surface area contributed by atoms with Gasteiger partial charge in [-0.2, -0.15) is 0 Å². The van der Waals surface area contributed by atoms with Gasteiger partial charge in [0.15, 0.2) is 0 Å². The van der Waals surface area contributed by atoms with Crippen molar-refractivity contribution in [3.63, 3.8) is 0 Å². The molecule has 0 bridgehead atoms. The molecule has 0 saturated heterocycles. The number of fused-ring (bicyclic) bond motifs is 1. The summed E-state index contributed by atoms with van der Waals surface area (Å²) in [5.41, 5.74) is 13.6. The number of rotatable bonds is 8. The molecule has 1 aliphatic heterocycles. The lowest BCUT2D eigenvalue weighted by Crippen LogP contribution is -2.12. The van der Waals surface area contributed by atoms with Crippen LogP contribution in [0.15, 0.2) is 141 Å². The average molecular weight is 713 g/mol. The predicted molar refractivity (Wildman–Crippen MR) is 231 cm³/mol. The van der Waals surface area contributed by atoms with Crippen molar-refractivity contribution in [2.24, 2.45) is 10.8 Å². The molecule has 51 heavy (non-hydrogen) atoms. The Balaban J connectivity index is 1.65. The number of allylic oxidation sites excluding steroid dienone is 13. The Hall–Kier alpha value is -3.86. The number of hydrogen-bond donors (Lipinski definition) is 1. The van der Waals surface area contributed by atoms with E-state index in [9.17, 15) is 0 Å². The van der Waals surface area contributed by atoms with E-state index in [0.29, 0.717) is 0 Å². The quantitative estimate of drug-likeness (QED) is 0.184. The summed E-state index contributed by atoms with van der Waals surface area (Å²) in [4.78, 5) is 7.97. The van der Waals surface area contributed by atoms with E-state index < -0.39 is 0 Å². The van der Waals surface area contributed by atoms with Gasteiger partial charge in [-0.1, -0.05) is 133 Å². The first-order valence-corrected chi connectivity index (χ1v) is 19.3. The van der Waals surface area contributed by atoms with Crippen molar-refractivity contribution in [2.75, 3.05) is 38.0 Å². The highest BCUT2D eigenvalue weighted by atomic mass is 32.2. The largest absolute Gasteiger partial charge is 0.378 e. The van der Waals surface area contributed by atoms with Crippen molar-refractivity contribution < 1.29 is 0 Å². The van der Waals surface area contributed by atoms with E-state index >= 15 is 0 Å². The highest BCUT2D eigenvalue weighted by Crippen LogP contribution is 2.48. The molecule has 266 valence electrons. The van der Waals surface area contributed by atoms with Crippen LogP contribution in [0.5, 0.6) is 0 Å². The van der Waals surface area contributed by atoms with Crippen LogP contribution in [0, 0.1) is 10.8 Å². The van der Waals surface area contributed by atoms with Gasteiger partial charge in [-0.3, -0.25) is 0 Å². The molecule has 3 aromatic carbocycles. The first-order valence-electron chi connectivity index (χ1n) is 18.0. The second kappa shape index (κ2) is 15.8. The minimum atomic E-state index is -0.0479. The Morgan fingerprint density at radius 3 is 2.12 bits per heavy atom. The van der Waals surface area contributed by atoms with E-state index in [4.69, 9.17) is 12.6 Å². The van der Waals surface area contributed by atoms with Crippen molar-refractivity contribution in [1.82, 2.24) is 0 Å². The fourth-order valence-corrected chi connectivity index (χ4v) is 7.80. The monoisotopic (exact) mass is 712 g/mol. The van der Waals surface area contributed by atoms with Crippen molar-refractivity contribution in [3.8, 4) is 0 Å². The summed E-state index contributed by atoms with van der Waals surface area (Å²) in [5.74, 6) is 0. The summed E-state index contributed by atoms with van der Waals surface area (Å²) in [7, 11) is 8.35. The average Bonchev–Trinajstić information content (AvgIpc) is 3.08. The van der Waals surface area contributed by atoms with Crippen LogP contribution in [-0.4, -0.2) is 28.2 Å². The SMILES string of the molecule is C=C(/C=C(/C=C/C1=C(c2ccccc2)C(=C/C=C2\C=C(C(C)(C)C)Sc3cc(N(C)C)ccc32)/CCC1)c1ccc(N(C)C)cc1S)C(C)(C)C. The van der Waals surface area contributed by atoms with Gasteiger partial charge in [-0.05, 0) is 115 Å². The van der Waals surface area contributed by atoms with Crippen LogP contribution in [0.4, 0.5) is 11.4 Å². The van der Waals surface area contributed by atoms with Crippen molar-refractivity contribution in [2.45, 2.75) is 70.6 Å². The van der Waals surface area contributed by atoms with Gasteiger partial charge in [-0.25, -0.2) is 0 Å². The second-order valence-corrected chi connectivity index (χ2v) is 17.7. The molecular weight excluding hydrogens is 657 g/mol. The summed E-state index contributed by atoms with van der Waals surface area (Å²) >= 11 is 6.89. The maximum absolute atomic E-state index is 4.98. The van der Waals surface area contributed by atoms with Gasteiger partial charge in [0, 0.05) is 49.4 Å². The first-order chi connectivity index (χ1) is 24.0. The predicted octanol–water partition coefficient (Wildman–Crippen LogP) is 13.3. The van der Waals surface area contributed by atoms with E-state index in [1.165, 1.54) is 48.9 Å². The highest BCUT2D eigenvalue weighted by molar-refractivity contribution is 8.03. The Morgan fingerprint density at radius 1 is 0.824 bits per heavy atom. The van der Waals surface area contributed by atoms with Crippen molar-refractivity contribution in [3.05, 3.63) is 148 Å². The zero-order valence-electron chi connectivity index (χ0n) is 32.4. The molecule has 0 radical (unpaired) electrons. The van der Waals surface area contributed by atoms with Crippen LogP contribution < -0.4 is 9.80 Å². The van der Waals surface area contributed by atoms with Crippen LogP contribution in [0.1, 0.15) is 77.5 Å². The minimum Gasteiger partial charge on any atom is -0.378 e. The number of thiol groups is 1. The molecule has 0 atom stereocenters. The minimum absolute atomic E-state index is 0.0479. The molecule has 0 saturated carbocycles. The van der Waals surface area contributed by atoms with Crippen molar-refractivity contribution >= 4 is 52.5 Å². The number of thioether (sulfide) groups is 1. The van der Waals surface area contributed by atoms with Gasteiger partial charge in [0.25, 0.3) is 0 Å². The maximum Gasteiger partial charge on any atom is 0.0372 e. The van der Waals surface area contributed by atoms with E-state index in [1.807, 2.05) is 11.8 Å². The fourth-order valence-electron chi connectivity index (χ4n) is 6.26. The maximum atomic E-state index is 4.98. The summed E-state index contributed by atoms with van der Waals surface area (Å²) in [6.07, 6.45) is 17.2. The first kappa shape index (κ1) is 38.4. The lowest BCUT2D eigenvalue weighted by Gasteiger charge is -2.29. The lowest BCUT2D eigenvalue weighted by molar-refractivity contribution is 0.519. The molecule has 0 amide bonds. The molecular formula is C47H56N2S2. The van der Waals surface area contributed by atoms with E-state index in [-0.39, 0.29) is 10.8 Å². The number of hydrogen-bond acceptors (Lipinski definition) is 4.